The lowest BCUT2D eigenvalue weighted by atomic mass is 10.2. The van der Waals surface area contributed by atoms with Crippen LogP contribution in [0.25, 0.3) is 0 Å². The van der Waals surface area contributed by atoms with Gasteiger partial charge in [0.25, 0.3) is 0 Å². The number of nitriles is 1. The Bertz CT molecular complexity index is 670. The highest BCUT2D eigenvalue weighted by atomic mass is 15.3. The molecule has 0 atom stereocenters. The van der Waals surface area contributed by atoms with Crippen LogP contribution in [0.5, 0.6) is 0 Å². The monoisotopic (exact) mass is 280 g/mol. The Morgan fingerprint density at radius 3 is 2.52 bits per heavy atom. The van der Waals surface area contributed by atoms with Gasteiger partial charge in [-0.25, -0.2) is 9.97 Å². The second-order valence-electron chi connectivity index (χ2n) is 4.90. The van der Waals surface area contributed by atoms with E-state index in [0.29, 0.717) is 11.4 Å². The molecule has 0 unspecified atom stereocenters. The number of rotatable bonds is 2. The fourth-order valence-corrected chi connectivity index (χ4v) is 2.53. The molecule has 6 heteroatoms. The molecule has 106 valence electrons. The van der Waals surface area contributed by atoms with E-state index >= 15 is 0 Å². The van der Waals surface area contributed by atoms with Gasteiger partial charge in [0.15, 0.2) is 5.82 Å². The fourth-order valence-electron chi connectivity index (χ4n) is 2.53. The molecule has 1 aliphatic heterocycles. The Hall–Kier alpha value is -2.81. The minimum atomic E-state index is 0.448. The summed E-state index contributed by atoms with van der Waals surface area (Å²) in [4.78, 5) is 12.8. The molecule has 0 aromatic carbocycles. The van der Waals surface area contributed by atoms with E-state index in [4.69, 9.17) is 11.0 Å². The number of anilines is 3. The number of hydrogen-bond donors (Lipinski definition) is 1. The highest BCUT2D eigenvalue weighted by Gasteiger charge is 2.19. The first-order valence-electron chi connectivity index (χ1n) is 6.84. The van der Waals surface area contributed by atoms with Gasteiger partial charge >= 0.3 is 0 Å². The molecule has 1 fully saturated rings. The summed E-state index contributed by atoms with van der Waals surface area (Å²) in [5.74, 6) is 0.851. The summed E-state index contributed by atoms with van der Waals surface area (Å²) in [6, 6.07) is 9.55. The summed E-state index contributed by atoms with van der Waals surface area (Å²) >= 11 is 0. The smallest absolute Gasteiger partial charge is 0.151 e. The lowest BCUT2D eigenvalue weighted by Gasteiger charge is -2.37. The second kappa shape index (κ2) is 5.67. The molecule has 1 aliphatic rings. The molecule has 0 bridgehead atoms. The number of piperazine rings is 1. The molecular weight excluding hydrogens is 264 g/mol. The highest BCUT2D eigenvalue weighted by molar-refractivity contribution is 5.63. The Morgan fingerprint density at radius 2 is 1.81 bits per heavy atom. The molecule has 3 rings (SSSR count). The Morgan fingerprint density at radius 1 is 1.05 bits per heavy atom. The lowest BCUT2D eigenvalue weighted by molar-refractivity contribution is 0.648. The first-order chi connectivity index (χ1) is 10.3. The molecule has 6 nitrogen and oxygen atoms in total. The SMILES string of the molecule is N#Cc1cc(N2CCN(c3ncccc3N)CC2)ccn1. The molecule has 1 saturated heterocycles. The van der Waals surface area contributed by atoms with Crippen molar-refractivity contribution in [3.8, 4) is 6.07 Å². The van der Waals surface area contributed by atoms with Crippen LogP contribution in [0.4, 0.5) is 17.2 Å². The third kappa shape index (κ3) is 2.72. The molecule has 3 heterocycles. The van der Waals surface area contributed by atoms with Gasteiger partial charge in [-0.1, -0.05) is 0 Å². The molecule has 0 amide bonds. The van der Waals surface area contributed by atoms with Crippen molar-refractivity contribution in [3.63, 3.8) is 0 Å². The number of pyridine rings is 2. The summed E-state index contributed by atoms with van der Waals surface area (Å²) in [6.07, 6.45) is 3.44. The van der Waals surface area contributed by atoms with E-state index in [1.165, 1.54) is 0 Å². The van der Waals surface area contributed by atoms with E-state index in [2.05, 4.69) is 25.8 Å². The van der Waals surface area contributed by atoms with Crippen molar-refractivity contribution in [2.45, 2.75) is 0 Å². The van der Waals surface area contributed by atoms with Gasteiger partial charge in [-0.15, -0.1) is 0 Å². The minimum absolute atomic E-state index is 0.448. The van der Waals surface area contributed by atoms with Crippen LogP contribution in [0, 0.1) is 11.3 Å². The van der Waals surface area contributed by atoms with Crippen LogP contribution in [0.2, 0.25) is 0 Å². The van der Waals surface area contributed by atoms with Crippen molar-refractivity contribution in [3.05, 3.63) is 42.4 Å². The van der Waals surface area contributed by atoms with Crippen molar-refractivity contribution >= 4 is 17.2 Å². The summed E-state index contributed by atoms with van der Waals surface area (Å²) < 4.78 is 0. The first-order valence-corrected chi connectivity index (χ1v) is 6.84. The van der Waals surface area contributed by atoms with Crippen LogP contribution >= 0.6 is 0 Å². The summed E-state index contributed by atoms with van der Waals surface area (Å²) in [5, 5.41) is 8.92. The van der Waals surface area contributed by atoms with Gasteiger partial charge in [0, 0.05) is 44.3 Å². The molecule has 0 radical (unpaired) electrons. The van der Waals surface area contributed by atoms with E-state index in [1.54, 1.807) is 12.4 Å². The zero-order valence-corrected chi connectivity index (χ0v) is 11.6. The van der Waals surface area contributed by atoms with Gasteiger partial charge < -0.3 is 15.5 Å². The zero-order valence-electron chi connectivity index (χ0n) is 11.6. The van der Waals surface area contributed by atoms with Crippen molar-refractivity contribution in [1.82, 2.24) is 9.97 Å². The molecule has 0 aliphatic carbocycles. The summed E-state index contributed by atoms with van der Waals surface area (Å²) in [7, 11) is 0. The fraction of sp³-hybridized carbons (Fsp3) is 0.267. The predicted molar refractivity (Wildman–Crippen MR) is 82.0 cm³/mol. The molecular formula is C15H16N6. The van der Waals surface area contributed by atoms with Crippen LogP contribution in [0.15, 0.2) is 36.7 Å². The number of aromatic nitrogens is 2. The molecule has 0 saturated carbocycles. The second-order valence-corrected chi connectivity index (χ2v) is 4.90. The molecule has 0 spiro atoms. The van der Waals surface area contributed by atoms with Crippen molar-refractivity contribution in [1.29, 1.82) is 5.26 Å². The molecule has 2 N–H and O–H groups in total. The van der Waals surface area contributed by atoms with E-state index in [1.807, 2.05) is 24.3 Å². The maximum Gasteiger partial charge on any atom is 0.151 e. The minimum Gasteiger partial charge on any atom is -0.396 e. The van der Waals surface area contributed by atoms with Crippen LogP contribution < -0.4 is 15.5 Å². The van der Waals surface area contributed by atoms with Gasteiger partial charge in [0.05, 0.1) is 5.69 Å². The van der Waals surface area contributed by atoms with Crippen LogP contribution in [-0.4, -0.2) is 36.1 Å². The van der Waals surface area contributed by atoms with Gasteiger partial charge in [0.2, 0.25) is 0 Å². The van der Waals surface area contributed by atoms with Crippen LogP contribution in [0.1, 0.15) is 5.69 Å². The standard InChI is InChI=1S/C15H16N6/c16-11-12-10-13(3-5-18-12)20-6-8-21(9-7-20)15-14(17)2-1-4-19-15/h1-5,10H,6-9,17H2. The predicted octanol–water partition coefficient (Wildman–Crippen LogP) is 1.26. The third-order valence-corrected chi connectivity index (χ3v) is 3.62. The molecule has 2 aromatic rings. The van der Waals surface area contributed by atoms with Gasteiger partial charge in [0.1, 0.15) is 11.8 Å². The quantitative estimate of drug-likeness (QED) is 0.891. The lowest BCUT2D eigenvalue weighted by Crippen LogP contribution is -2.47. The Balaban J connectivity index is 1.71. The van der Waals surface area contributed by atoms with Crippen molar-refractivity contribution < 1.29 is 0 Å². The highest BCUT2D eigenvalue weighted by Crippen LogP contribution is 2.23. The van der Waals surface area contributed by atoms with Crippen LogP contribution in [0.3, 0.4) is 0 Å². The average Bonchev–Trinajstić information content (AvgIpc) is 2.56. The Labute approximate surface area is 123 Å². The molecule has 2 aromatic heterocycles. The summed E-state index contributed by atoms with van der Waals surface area (Å²) in [6.45, 7) is 3.44. The number of nitrogens with two attached hydrogens (primary N) is 1. The van der Waals surface area contributed by atoms with E-state index in [-0.39, 0.29) is 0 Å². The van der Waals surface area contributed by atoms with Gasteiger partial charge in [-0.3, -0.25) is 0 Å². The molecule has 21 heavy (non-hydrogen) atoms. The first kappa shape index (κ1) is 13.2. The van der Waals surface area contributed by atoms with Crippen LogP contribution in [-0.2, 0) is 0 Å². The zero-order chi connectivity index (χ0) is 14.7. The number of hydrogen-bond acceptors (Lipinski definition) is 6. The van der Waals surface area contributed by atoms with Gasteiger partial charge in [-0.05, 0) is 24.3 Å². The normalized spacial score (nSPS) is 14.8. The third-order valence-electron chi connectivity index (χ3n) is 3.62. The van der Waals surface area contributed by atoms with E-state index in [9.17, 15) is 0 Å². The van der Waals surface area contributed by atoms with E-state index in [0.717, 1.165) is 37.7 Å². The average molecular weight is 280 g/mol. The number of nitrogens with zero attached hydrogens (tertiary/aromatic N) is 5. The van der Waals surface area contributed by atoms with Crippen molar-refractivity contribution in [2.24, 2.45) is 0 Å². The Kier molecular flexibility index (Phi) is 3.56. The van der Waals surface area contributed by atoms with Gasteiger partial charge in [-0.2, -0.15) is 5.26 Å². The number of nitrogen functional groups attached to an aromatic ring is 1. The largest absolute Gasteiger partial charge is 0.396 e. The topological polar surface area (TPSA) is 82.1 Å². The summed E-state index contributed by atoms with van der Waals surface area (Å²) in [5.41, 5.74) is 8.17. The van der Waals surface area contributed by atoms with Crippen molar-refractivity contribution in [2.75, 3.05) is 41.7 Å². The maximum absolute atomic E-state index is 8.92. The maximum atomic E-state index is 8.92. The van der Waals surface area contributed by atoms with E-state index < -0.39 is 0 Å².